The Balaban J connectivity index is 1.38. The van der Waals surface area contributed by atoms with Gasteiger partial charge in [0.05, 0.1) is 22.9 Å². The van der Waals surface area contributed by atoms with Crippen LogP contribution in [0.2, 0.25) is 0 Å². The first-order valence-electron chi connectivity index (χ1n) is 18.2. The lowest BCUT2D eigenvalue weighted by Gasteiger charge is -2.66. The molecule has 0 radical (unpaired) electrons. The van der Waals surface area contributed by atoms with Gasteiger partial charge in [-0.15, -0.1) is 0 Å². The quantitative estimate of drug-likeness (QED) is 0.173. The second-order valence-electron chi connectivity index (χ2n) is 15.8. The molecule has 1 saturated carbocycles. The maximum Gasteiger partial charge on any atom is 0.221 e. The monoisotopic (exact) mass is 619 g/mol. The van der Waals surface area contributed by atoms with E-state index < -0.39 is 0 Å². The molecule has 1 spiro atoms. The molecule has 3 nitrogen and oxygen atoms in total. The first-order valence-corrected chi connectivity index (χ1v) is 18.2. The average Bonchev–Trinajstić information content (AvgIpc) is 3.08. The van der Waals surface area contributed by atoms with Crippen LogP contribution in [0, 0.1) is 0 Å². The molecule has 3 aromatic carbocycles. The van der Waals surface area contributed by atoms with Gasteiger partial charge in [0, 0.05) is 56.2 Å². The molecule has 4 heterocycles. The van der Waals surface area contributed by atoms with Crippen LogP contribution >= 0.6 is 0 Å². The predicted molar refractivity (Wildman–Crippen MR) is 193 cm³/mol. The molecule has 2 aliphatic carbocycles. The molecule has 9 rings (SSSR count). The van der Waals surface area contributed by atoms with E-state index in [0.717, 1.165) is 32.1 Å². The van der Waals surface area contributed by atoms with Gasteiger partial charge < -0.3 is 4.90 Å². The molecule has 0 amide bonds. The normalized spacial score (nSPS) is 25.2. The van der Waals surface area contributed by atoms with E-state index in [9.17, 15) is 0 Å². The van der Waals surface area contributed by atoms with Crippen molar-refractivity contribution in [2.45, 2.75) is 101 Å². The highest BCUT2D eigenvalue weighted by molar-refractivity contribution is 6.03. The minimum Gasteiger partial charge on any atom is -0.378 e. The van der Waals surface area contributed by atoms with E-state index in [1.807, 2.05) is 0 Å². The number of hydrogen-bond acceptors (Lipinski definition) is 1. The van der Waals surface area contributed by atoms with Crippen LogP contribution in [0.15, 0.2) is 85.2 Å². The zero-order valence-electron chi connectivity index (χ0n) is 29.4. The molecule has 4 aliphatic rings. The SMILES string of the molecule is CCCCc1ccc2c3c4[n+](ccc13)C1(CC)CC3(Cc5ccc(N(C)C)cc5-c5cccc[n+]53)C1(CC)c1cccc(c1-4)C2(C)C. The zero-order valence-corrected chi connectivity index (χ0v) is 29.4. The molecule has 0 saturated heterocycles. The summed E-state index contributed by atoms with van der Waals surface area (Å²) in [6.45, 7) is 12.2. The van der Waals surface area contributed by atoms with Gasteiger partial charge in [0.2, 0.25) is 11.4 Å². The van der Waals surface area contributed by atoms with Crippen molar-refractivity contribution in [3.63, 3.8) is 0 Å². The van der Waals surface area contributed by atoms with Gasteiger partial charge in [-0.2, -0.15) is 9.13 Å². The van der Waals surface area contributed by atoms with Gasteiger partial charge in [0.25, 0.3) is 0 Å². The first-order chi connectivity index (χ1) is 22.7. The fourth-order valence-electron chi connectivity index (χ4n) is 11.5. The van der Waals surface area contributed by atoms with Crippen LogP contribution in [-0.4, -0.2) is 14.1 Å². The Morgan fingerprint density at radius 3 is 2.38 bits per heavy atom. The van der Waals surface area contributed by atoms with Crippen molar-refractivity contribution in [2.24, 2.45) is 0 Å². The summed E-state index contributed by atoms with van der Waals surface area (Å²) in [6.07, 6.45) is 12.9. The number of pyridine rings is 2. The van der Waals surface area contributed by atoms with E-state index in [-0.39, 0.29) is 21.9 Å². The highest BCUT2D eigenvalue weighted by atomic mass is 15.2. The summed E-state index contributed by atoms with van der Waals surface area (Å²) in [6, 6.07) is 28.9. The Morgan fingerprint density at radius 1 is 0.787 bits per heavy atom. The van der Waals surface area contributed by atoms with Gasteiger partial charge in [0.1, 0.15) is 5.41 Å². The summed E-state index contributed by atoms with van der Waals surface area (Å²) in [4.78, 5) is 2.23. The average molecular weight is 620 g/mol. The van der Waals surface area contributed by atoms with Crippen LogP contribution in [-0.2, 0) is 34.7 Å². The Labute approximate surface area is 280 Å². The summed E-state index contributed by atoms with van der Waals surface area (Å²) in [5, 5.41) is 2.99. The van der Waals surface area contributed by atoms with E-state index in [0.29, 0.717) is 0 Å². The number of fused-ring (bicyclic) bond motifs is 8. The summed E-state index contributed by atoms with van der Waals surface area (Å²) >= 11 is 0. The van der Waals surface area contributed by atoms with Crippen molar-refractivity contribution in [2.75, 3.05) is 19.0 Å². The summed E-state index contributed by atoms with van der Waals surface area (Å²) in [5.41, 5.74) is 14.4. The van der Waals surface area contributed by atoms with Gasteiger partial charge in [-0.3, -0.25) is 0 Å². The van der Waals surface area contributed by atoms with E-state index in [2.05, 4.69) is 148 Å². The molecule has 47 heavy (non-hydrogen) atoms. The van der Waals surface area contributed by atoms with Crippen molar-refractivity contribution in [1.29, 1.82) is 0 Å². The summed E-state index contributed by atoms with van der Waals surface area (Å²) in [7, 11) is 4.30. The number of aryl methyl sites for hydroxylation is 1. The van der Waals surface area contributed by atoms with Crippen molar-refractivity contribution >= 4 is 16.5 Å². The van der Waals surface area contributed by atoms with Gasteiger partial charge in [-0.25, -0.2) is 0 Å². The van der Waals surface area contributed by atoms with Crippen molar-refractivity contribution < 1.29 is 9.13 Å². The molecule has 5 aromatic rings. The number of rotatable bonds is 6. The van der Waals surface area contributed by atoms with Gasteiger partial charge >= 0.3 is 0 Å². The Hall–Kier alpha value is -3.98. The fraction of sp³-hybridized carbons (Fsp3) is 0.409. The van der Waals surface area contributed by atoms with Crippen molar-refractivity contribution in [3.8, 4) is 22.5 Å². The number of anilines is 1. The molecule has 3 unspecified atom stereocenters. The summed E-state index contributed by atoms with van der Waals surface area (Å²) < 4.78 is 5.56. The molecular weight excluding hydrogens is 571 g/mol. The molecule has 0 N–H and O–H groups in total. The van der Waals surface area contributed by atoms with Crippen molar-refractivity contribution in [1.82, 2.24) is 0 Å². The molecular formula is C44H49N3+2. The standard InChI is InChI=1S/C44H49N3/c1-8-11-15-29-20-22-35-38-32(29)23-25-47-40(38)39-34(41(35,4)5)16-14-17-36(39)44(10-3)42(47,9-2)28-43(44)27-30-19-21-31(45(6)7)26-33(30)37-18-12-13-24-46(37)43/h12-14,16-26H,8-11,15,27-28H2,1-7H3/q+2. The lowest BCUT2D eigenvalue weighted by atomic mass is 9.36. The fourth-order valence-corrected chi connectivity index (χ4v) is 11.5. The van der Waals surface area contributed by atoms with Gasteiger partial charge in [-0.05, 0) is 70.7 Å². The van der Waals surface area contributed by atoms with E-state index in [1.165, 1.54) is 74.1 Å². The third-order valence-corrected chi connectivity index (χ3v) is 13.6. The smallest absolute Gasteiger partial charge is 0.221 e. The highest BCUT2D eigenvalue weighted by Gasteiger charge is 2.86. The van der Waals surface area contributed by atoms with Gasteiger partial charge in [-0.1, -0.05) is 77.4 Å². The Bertz CT molecular complexity index is 2140. The largest absolute Gasteiger partial charge is 0.378 e. The number of nitrogens with zero attached hydrogens (tertiary/aromatic N) is 3. The minimum absolute atomic E-state index is 0.0176. The third-order valence-electron chi connectivity index (χ3n) is 13.6. The lowest BCUT2D eigenvalue weighted by molar-refractivity contribution is -0.866. The maximum absolute atomic E-state index is 2.83. The molecule has 3 heteroatoms. The van der Waals surface area contributed by atoms with Crippen LogP contribution < -0.4 is 14.0 Å². The number of benzene rings is 3. The first kappa shape index (κ1) is 29.2. The van der Waals surface area contributed by atoms with Crippen LogP contribution in [0.5, 0.6) is 0 Å². The number of aromatic nitrogens is 2. The molecule has 3 atom stereocenters. The minimum atomic E-state index is -0.0795. The maximum atomic E-state index is 2.83. The van der Waals surface area contributed by atoms with Crippen LogP contribution in [0.4, 0.5) is 5.69 Å². The summed E-state index contributed by atoms with van der Waals surface area (Å²) in [5.74, 6) is 0. The van der Waals surface area contributed by atoms with E-state index in [1.54, 1.807) is 5.56 Å². The third kappa shape index (κ3) is 3.20. The van der Waals surface area contributed by atoms with E-state index in [4.69, 9.17) is 0 Å². The lowest BCUT2D eigenvalue weighted by Crippen LogP contribution is -2.91. The van der Waals surface area contributed by atoms with Crippen molar-refractivity contribution in [3.05, 3.63) is 113 Å². The van der Waals surface area contributed by atoms with E-state index >= 15 is 0 Å². The number of unbranched alkanes of at least 4 members (excludes halogenated alkanes) is 1. The molecule has 2 aliphatic heterocycles. The Kier molecular flexibility index (Phi) is 5.93. The van der Waals surface area contributed by atoms with Crippen LogP contribution in [0.1, 0.15) is 94.5 Å². The predicted octanol–water partition coefficient (Wildman–Crippen LogP) is 8.92. The molecule has 1 fully saturated rings. The molecule has 0 bridgehead atoms. The van der Waals surface area contributed by atoms with Crippen LogP contribution in [0.3, 0.4) is 0 Å². The second-order valence-corrected chi connectivity index (χ2v) is 15.8. The molecule has 2 aromatic heterocycles. The topological polar surface area (TPSA) is 11.0 Å². The zero-order chi connectivity index (χ0) is 32.5. The van der Waals surface area contributed by atoms with Crippen LogP contribution in [0.25, 0.3) is 33.3 Å². The second kappa shape index (κ2) is 9.56. The molecule has 238 valence electrons. The van der Waals surface area contributed by atoms with Gasteiger partial charge in [0.15, 0.2) is 23.5 Å². The Morgan fingerprint density at radius 2 is 1.62 bits per heavy atom. The highest BCUT2D eigenvalue weighted by Crippen LogP contribution is 2.71. The number of hydrogen-bond donors (Lipinski definition) is 0.